The molecule has 98 valence electrons. The zero-order chi connectivity index (χ0) is 13.3. The maximum Gasteiger partial charge on any atom is 0.255 e. The molecule has 0 aromatic heterocycles. The highest BCUT2D eigenvalue weighted by molar-refractivity contribution is 14.1. The Bertz CT molecular complexity index is 466. The minimum absolute atomic E-state index is 0.0177. The molecule has 1 amide bonds. The molecule has 0 saturated carbocycles. The number of halogens is 2. The van der Waals surface area contributed by atoms with Gasteiger partial charge in [-0.25, -0.2) is 0 Å². The number of likely N-dealkylation sites (tertiary alicyclic amines) is 1. The van der Waals surface area contributed by atoms with Crippen molar-refractivity contribution in [2.45, 2.75) is 19.4 Å². The molecule has 1 aliphatic heterocycles. The second kappa shape index (κ2) is 5.88. The average molecular weight is 424 g/mol. The Morgan fingerprint density at radius 3 is 3.00 bits per heavy atom. The van der Waals surface area contributed by atoms with Crippen molar-refractivity contribution in [3.05, 3.63) is 31.8 Å². The number of aliphatic hydroxyl groups is 1. The molecular formula is C13H15BrINO2. The number of hydrogen-bond donors (Lipinski definition) is 1. The molecule has 3 nitrogen and oxygen atoms in total. The van der Waals surface area contributed by atoms with Gasteiger partial charge >= 0.3 is 0 Å². The standard InChI is InChI=1S/C13H15BrINO2/c1-8-4-5-16(12(8)7-17)13(18)10-6-9(14)2-3-11(10)15/h2-3,6,8,12,17H,4-5,7H2,1H3. The molecule has 1 fully saturated rings. The van der Waals surface area contributed by atoms with E-state index < -0.39 is 0 Å². The van der Waals surface area contributed by atoms with Crippen LogP contribution in [0.1, 0.15) is 23.7 Å². The van der Waals surface area contributed by atoms with Gasteiger partial charge in [0, 0.05) is 14.6 Å². The molecule has 1 aromatic rings. The fourth-order valence-corrected chi connectivity index (χ4v) is 3.28. The molecule has 1 heterocycles. The molecule has 1 saturated heterocycles. The maximum absolute atomic E-state index is 12.5. The molecule has 0 aliphatic carbocycles. The lowest BCUT2D eigenvalue weighted by atomic mass is 10.0. The van der Waals surface area contributed by atoms with Crippen LogP contribution < -0.4 is 0 Å². The van der Waals surface area contributed by atoms with Crippen molar-refractivity contribution in [2.75, 3.05) is 13.2 Å². The van der Waals surface area contributed by atoms with Crippen LogP contribution in [-0.2, 0) is 0 Å². The monoisotopic (exact) mass is 423 g/mol. The number of nitrogens with zero attached hydrogens (tertiary/aromatic N) is 1. The summed E-state index contributed by atoms with van der Waals surface area (Å²) in [7, 11) is 0. The first-order valence-electron chi connectivity index (χ1n) is 5.91. The molecule has 2 rings (SSSR count). The third-order valence-electron chi connectivity index (χ3n) is 3.49. The molecule has 2 unspecified atom stereocenters. The SMILES string of the molecule is CC1CCN(C(=O)c2cc(Br)ccc2I)C1CO. The topological polar surface area (TPSA) is 40.5 Å². The highest BCUT2D eigenvalue weighted by atomic mass is 127. The zero-order valence-electron chi connectivity index (χ0n) is 10.1. The van der Waals surface area contributed by atoms with Gasteiger partial charge in [-0.1, -0.05) is 22.9 Å². The van der Waals surface area contributed by atoms with E-state index >= 15 is 0 Å². The van der Waals surface area contributed by atoms with E-state index in [1.165, 1.54) is 0 Å². The lowest BCUT2D eigenvalue weighted by Gasteiger charge is -2.25. The Morgan fingerprint density at radius 1 is 1.61 bits per heavy atom. The van der Waals surface area contributed by atoms with Crippen LogP contribution in [0.25, 0.3) is 0 Å². The van der Waals surface area contributed by atoms with E-state index in [1.54, 1.807) is 4.90 Å². The fourth-order valence-electron chi connectivity index (χ4n) is 2.35. The summed E-state index contributed by atoms with van der Waals surface area (Å²) in [6.07, 6.45) is 0.960. The average Bonchev–Trinajstić information content (AvgIpc) is 2.72. The normalized spacial score (nSPS) is 23.4. The van der Waals surface area contributed by atoms with Crippen LogP contribution in [0.3, 0.4) is 0 Å². The summed E-state index contributed by atoms with van der Waals surface area (Å²) in [5.74, 6) is 0.382. The number of amides is 1. The van der Waals surface area contributed by atoms with E-state index in [-0.39, 0.29) is 18.6 Å². The Balaban J connectivity index is 2.28. The molecule has 2 atom stereocenters. The van der Waals surface area contributed by atoms with Crippen LogP contribution in [-0.4, -0.2) is 35.1 Å². The van der Waals surface area contributed by atoms with Crippen LogP contribution in [0.5, 0.6) is 0 Å². The largest absolute Gasteiger partial charge is 0.394 e. The van der Waals surface area contributed by atoms with E-state index in [1.807, 2.05) is 18.2 Å². The maximum atomic E-state index is 12.5. The summed E-state index contributed by atoms with van der Waals surface area (Å²) in [6.45, 7) is 2.85. The predicted octanol–water partition coefficient (Wildman–Crippen LogP) is 2.90. The van der Waals surface area contributed by atoms with E-state index in [4.69, 9.17) is 0 Å². The lowest BCUT2D eigenvalue weighted by molar-refractivity contribution is 0.0647. The molecule has 0 radical (unpaired) electrons. The van der Waals surface area contributed by atoms with E-state index in [9.17, 15) is 9.90 Å². The lowest BCUT2D eigenvalue weighted by Crippen LogP contribution is -2.40. The molecule has 1 N–H and O–H groups in total. The quantitative estimate of drug-likeness (QED) is 0.743. The van der Waals surface area contributed by atoms with Gasteiger partial charge in [-0.3, -0.25) is 4.79 Å². The molecular weight excluding hydrogens is 409 g/mol. The minimum Gasteiger partial charge on any atom is -0.394 e. The number of hydrogen-bond acceptors (Lipinski definition) is 2. The van der Waals surface area contributed by atoms with Crippen molar-refractivity contribution in [3.63, 3.8) is 0 Å². The Labute approximate surface area is 129 Å². The molecule has 18 heavy (non-hydrogen) atoms. The predicted molar refractivity (Wildman–Crippen MR) is 82.6 cm³/mol. The summed E-state index contributed by atoms with van der Waals surface area (Å²) in [5, 5.41) is 9.42. The van der Waals surface area contributed by atoms with Crippen LogP contribution in [0.15, 0.2) is 22.7 Å². The van der Waals surface area contributed by atoms with Crippen molar-refractivity contribution in [1.82, 2.24) is 4.90 Å². The number of benzene rings is 1. The van der Waals surface area contributed by atoms with Gasteiger partial charge < -0.3 is 10.0 Å². The molecule has 0 bridgehead atoms. The first kappa shape index (κ1) is 14.3. The Morgan fingerprint density at radius 2 is 2.33 bits per heavy atom. The van der Waals surface area contributed by atoms with Crippen molar-refractivity contribution in [1.29, 1.82) is 0 Å². The Kier molecular flexibility index (Phi) is 4.66. The minimum atomic E-state index is -0.0488. The van der Waals surface area contributed by atoms with E-state index in [0.717, 1.165) is 21.0 Å². The van der Waals surface area contributed by atoms with Crippen LogP contribution in [0.4, 0.5) is 0 Å². The third kappa shape index (κ3) is 2.72. The van der Waals surface area contributed by atoms with Gasteiger partial charge in [0.1, 0.15) is 0 Å². The van der Waals surface area contributed by atoms with Gasteiger partial charge in [-0.15, -0.1) is 0 Å². The summed E-state index contributed by atoms with van der Waals surface area (Å²) in [6, 6.07) is 5.65. The second-order valence-corrected chi connectivity index (χ2v) is 6.72. The van der Waals surface area contributed by atoms with Crippen LogP contribution >= 0.6 is 38.5 Å². The fraction of sp³-hybridized carbons (Fsp3) is 0.462. The molecule has 5 heteroatoms. The molecule has 0 spiro atoms. The summed E-state index contributed by atoms with van der Waals surface area (Å²) < 4.78 is 1.84. The van der Waals surface area contributed by atoms with Crippen molar-refractivity contribution in [2.24, 2.45) is 5.92 Å². The van der Waals surface area contributed by atoms with Gasteiger partial charge in [0.2, 0.25) is 0 Å². The molecule has 1 aromatic carbocycles. The van der Waals surface area contributed by atoms with Crippen LogP contribution in [0.2, 0.25) is 0 Å². The number of aliphatic hydroxyl groups excluding tert-OH is 1. The first-order chi connectivity index (χ1) is 8.54. The number of carbonyl (C=O) groups excluding carboxylic acids is 1. The van der Waals surface area contributed by atoms with Crippen molar-refractivity contribution < 1.29 is 9.90 Å². The Hall–Kier alpha value is -0.140. The van der Waals surface area contributed by atoms with Crippen molar-refractivity contribution in [3.8, 4) is 0 Å². The summed E-state index contributed by atoms with van der Waals surface area (Å²) in [5.41, 5.74) is 0.706. The van der Waals surface area contributed by atoms with E-state index in [0.29, 0.717) is 11.5 Å². The molecule has 1 aliphatic rings. The summed E-state index contributed by atoms with van der Waals surface area (Å²) in [4.78, 5) is 14.3. The van der Waals surface area contributed by atoms with Gasteiger partial charge in [0.25, 0.3) is 5.91 Å². The highest BCUT2D eigenvalue weighted by Crippen LogP contribution is 2.27. The van der Waals surface area contributed by atoms with Gasteiger partial charge in [0.15, 0.2) is 0 Å². The highest BCUT2D eigenvalue weighted by Gasteiger charge is 2.34. The summed E-state index contributed by atoms with van der Waals surface area (Å²) >= 11 is 5.57. The van der Waals surface area contributed by atoms with Crippen LogP contribution in [0, 0.1) is 9.49 Å². The first-order valence-corrected chi connectivity index (χ1v) is 7.78. The number of carbonyl (C=O) groups is 1. The zero-order valence-corrected chi connectivity index (χ0v) is 13.8. The third-order valence-corrected chi connectivity index (χ3v) is 4.92. The second-order valence-electron chi connectivity index (χ2n) is 4.64. The smallest absolute Gasteiger partial charge is 0.255 e. The van der Waals surface area contributed by atoms with Crippen molar-refractivity contribution >= 4 is 44.4 Å². The number of rotatable bonds is 2. The van der Waals surface area contributed by atoms with E-state index in [2.05, 4.69) is 45.4 Å². The van der Waals surface area contributed by atoms with Gasteiger partial charge in [-0.05, 0) is 53.1 Å². The van der Waals surface area contributed by atoms with Gasteiger partial charge in [-0.2, -0.15) is 0 Å². The van der Waals surface area contributed by atoms with Gasteiger partial charge in [0.05, 0.1) is 18.2 Å².